The van der Waals surface area contributed by atoms with Gasteiger partial charge in [0.1, 0.15) is 12.3 Å². The van der Waals surface area contributed by atoms with Crippen molar-refractivity contribution in [3.05, 3.63) is 57.7 Å². The number of carbonyl (C=O) groups excluding carboxylic acids is 2. The number of aromatic nitrogens is 3. The van der Waals surface area contributed by atoms with Gasteiger partial charge in [-0.25, -0.2) is 0 Å². The maximum absolute atomic E-state index is 12.4. The van der Waals surface area contributed by atoms with E-state index in [1.165, 1.54) is 4.57 Å². The van der Waals surface area contributed by atoms with Crippen LogP contribution in [0.3, 0.4) is 0 Å². The van der Waals surface area contributed by atoms with Crippen molar-refractivity contribution in [3.63, 3.8) is 0 Å². The predicted molar refractivity (Wildman–Crippen MR) is 119 cm³/mol. The lowest BCUT2D eigenvalue weighted by atomic mass is 10.2. The van der Waals surface area contributed by atoms with Gasteiger partial charge in [-0.1, -0.05) is 25.4 Å². The molecule has 1 aromatic carbocycles. The zero-order valence-corrected chi connectivity index (χ0v) is 18.7. The number of amides is 2. The lowest BCUT2D eigenvalue weighted by Gasteiger charge is -2.15. The number of furan rings is 1. The van der Waals surface area contributed by atoms with Gasteiger partial charge in [-0.3, -0.25) is 35.0 Å². The zero-order chi connectivity index (χ0) is 22.4. The van der Waals surface area contributed by atoms with Crippen molar-refractivity contribution in [3.8, 4) is 11.4 Å². The molecule has 0 aliphatic carbocycles. The van der Waals surface area contributed by atoms with Crippen molar-refractivity contribution in [1.82, 2.24) is 30.5 Å². The Labute approximate surface area is 189 Å². The number of benzene rings is 1. The smallest absolute Gasteiger partial charge is 0.305 e. The highest BCUT2D eigenvalue weighted by atomic mass is 35.5. The molecule has 0 saturated heterocycles. The first kappa shape index (κ1) is 22.7. The fourth-order valence-electron chi connectivity index (χ4n) is 2.91. The van der Waals surface area contributed by atoms with Gasteiger partial charge in [-0.05, 0) is 61.7 Å². The predicted octanol–water partition coefficient (Wildman–Crippen LogP) is 3.16. The third-order valence-corrected chi connectivity index (χ3v) is 5.20. The van der Waals surface area contributed by atoms with E-state index in [1.807, 2.05) is 0 Å². The summed E-state index contributed by atoms with van der Waals surface area (Å²) in [5, 5.41) is 7.43. The zero-order valence-electron chi connectivity index (χ0n) is 17.1. The van der Waals surface area contributed by atoms with Crippen molar-refractivity contribution in [2.45, 2.75) is 26.9 Å². The van der Waals surface area contributed by atoms with Crippen LogP contribution in [0.1, 0.15) is 30.2 Å². The van der Waals surface area contributed by atoms with Crippen molar-refractivity contribution in [1.29, 1.82) is 0 Å². The van der Waals surface area contributed by atoms with Gasteiger partial charge in [0, 0.05) is 10.6 Å². The molecule has 2 heterocycles. The molecule has 164 valence electrons. The van der Waals surface area contributed by atoms with Crippen molar-refractivity contribution < 1.29 is 14.0 Å². The van der Waals surface area contributed by atoms with E-state index in [0.717, 1.165) is 18.7 Å². The minimum atomic E-state index is -0.548. The van der Waals surface area contributed by atoms with Crippen LogP contribution in [0.5, 0.6) is 0 Å². The Balaban J connectivity index is 1.59. The van der Waals surface area contributed by atoms with Gasteiger partial charge < -0.3 is 4.42 Å². The molecule has 3 rings (SSSR count). The molecule has 0 atom stereocenters. The number of rotatable bonds is 8. The van der Waals surface area contributed by atoms with E-state index in [0.29, 0.717) is 23.2 Å². The molecule has 3 aromatic rings. The summed E-state index contributed by atoms with van der Waals surface area (Å²) < 4.78 is 7.37. The molecule has 0 aliphatic heterocycles. The van der Waals surface area contributed by atoms with E-state index < -0.39 is 11.8 Å². The quantitative estimate of drug-likeness (QED) is 0.350. The average molecular weight is 463 g/mol. The number of hydrogen-bond donors (Lipinski definition) is 3. The van der Waals surface area contributed by atoms with Crippen LogP contribution in [0.25, 0.3) is 11.4 Å². The minimum Gasteiger partial charge on any atom is -0.454 e. The fourth-order valence-corrected chi connectivity index (χ4v) is 3.23. The Kier molecular flexibility index (Phi) is 7.61. The summed E-state index contributed by atoms with van der Waals surface area (Å²) in [7, 11) is 0. The van der Waals surface area contributed by atoms with Gasteiger partial charge in [0.2, 0.25) is 0 Å². The standard InChI is InChI=1S/C20H23ClN6O3S/c1-3-26(4-2)11-15-9-10-16(30-15)19(29)24-22-17(28)12-27-18(23-25-20(27)31)13-5-7-14(21)8-6-13/h5-10H,3-4,11-12H2,1-2H3,(H,22,28)(H,24,29)(H,25,31). The van der Waals surface area contributed by atoms with Gasteiger partial charge in [-0.2, -0.15) is 5.10 Å². The first-order valence-electron chi connectivity index (χ1n) is 9.72. The van der Waals surface area contributed by atoms with Gasteiger partial charge in [0.15, 0.2) is 16.4 Å². The van der Waals surface area contributed by atoms with Crippen molar-refractivity contribution in [2.75, 3.05) is 13.1 Å². The third-order valence-electron chi connectivity index (χ3n) is 4.64. The van der Waals surface area contributed by atoms with Gasteiger partial charge in [0.05, 0.1) is 6.54 Å². The first-order chi connectivity index (χ1) is 14.9. The highest BCUT2D eigenvalue weighted by Crippen LogP contribution is 2.19. The van der Waals surface area contributed by atoms with E-state index in [9.17, 15) is 9.59 Å². The molecule has 2 amide bonds. The third kappa shape index (κ3) is 5.81. The summed E-state index contributed by atoms with van der Waals surface area (Å²) in [4.78, 5) is 26.8. The fraction of sp³-hybridized carbons (Fsp3) is 0.300. The van der Waals surface area contributed by atoms with Gasteiger partial charge in [-0.15, -0.1) is 0 Å². The summed E-state index contributed by atoms with van der Waals surface area (Å²) in [5.74, 6) is 0.251. The second-order valence-electron chi connectivity index (χ2n) is 6.68. The molecule has 0 radical (unpaired) electrons. The molecule has 3 N–H and O–H groups in total. The highest BCUT2D eigenvalue weighted by Gasteiger charge is 2.16. The van der Waals surface area contributed by atoms with Crippen LogP contribution in [0.4, 0.5) is 0 Å². The minimum absolute atomic E-state index is 0.115. The second kappa shape index (κ2) is 10.4. The molecule has 0 fully saturated rings. The van der Waals surface area contributed by atoms with E-state index >= 15 is 0 Å². The topological polar surface area (TPSA) is 108 Å². The number of aromatic amines is 1. The summed E-state index contributed by atoms with van der Waals surface area (Å²) in [5.41, 5.74) is 5.46. The monoisotopic (exact) mass is 462 g/mol. The molecule has 0 spiro atoms. The molecule has 0 unspecified atom stereocenters. The summed E-state index contributed by atoms with van der Waals surface area (Å²) in [6, 6.07) is 10.3. The van der Waals surface area contributed by atoms with Crippen LogP contribution >= 0.6 is 23.8 Å². The maximum atomic E-state index is 12.4. The maximum Gasteiger partial charge on any atom is 0.305 e. The number of nitrogens with zero attached hydrogens (tertiary/aromatic N) is 3. The Morgan fingerprint density at radius 3 is 2.55 bits per heavy atom. The van der Waals surface area contributed by atoms with Gasteiger partial charge in [0.25, 0.3) is 5.91 Å². The van der Waals surface area contributed by atoms with Crippen LogP contribution in [-0.2, 0) is 17.9 Å². The molecular formula is C20H23ClN6O3S. The molecule has 31 heavy (non-hydrogen) atoms. The van der Waals surface area contributed by atoms with Crippen molar-refractivity contribution >= 4 is 35.6 Å². The Morgan fingerprint density at radius 1 is 1.16 bits per heavy atom. The van der Waals surface area contributed by atoms with Crippen LogP contribution in [0, 0.1) is 4.77 Å². The normalized spacial score (nSPS) is 11.0. The van der Waals surface area contributed by atoms with Crippen LogP contribution < -0.4 is 10.9 Å². The van der Waals surface area contributed by atoms with Gasteiger partial charge >= 0.3 is 5.91 Å². The number of H-pyrrole nitrogens is 1. The number of hydrogen-bond acceptors (Lipinski definition) is 6. The van der Waals surface area contributed by atoms with E-state index in [1.54, 1.807) is 36.4 Å². The molecule has 0 saturated carbocycles. The Morgan fingerprint density at radius 2 is 1.87 bits per heavy atom. The lowest BCUT2D eigenvalue weighted by Crippen LogP contribution is -2.43. The molecular weight excluding hydrogens is 440 g/mol. The summed E-state index contributed by atoms with van der Waals surface area (Å²) in [6.45, 7) is 6.34. The van der Waals surface area contributed by atoms with Crippen molar-refractivity contribution in [2.24, 2.45) is 0 Å². The molecule has 9 nitrogen and oxygen atoms in total. The summed E-state index contributed by atoms with van der Waals surface area (Å²) in [6.07, 6.45) is 0. The average Bonchev–Trinajstić information content (AvgIpc) is 3.38. The van der Waals surface area contributed by atoms with E-state index in [2.05, 4.69) is 39.8 Å². The molecule has 0 bridgehead atoms. The van der Waals surface area contributed by atoms with E-state index in [-0.39, 0.29) is 17.1 Å². The highest BCUT2D eigenvalue weighted by molar-refractivity contribution is 7.71. The Hall–Kier alpha value is -2.95. The Bertz CT molecular complexity index is 1100. The number of nitrogens with one attached hydrogen (secondary N) is 3. The molecule has 2 aromatic heterocycles. The number of hydrazine groups is 1. The molecule has 0 aliphatic rings. The first-order valence-corrected chi connectivity index (χ1v) is 10.5. The SMILES string of the molecule is CCN(CC)Cc1ccc(C(=O)NNC(=O)Cn2c(-c3ccc(Cl)cc3)n[nH]c2=S)o1. The van der Waals surface area contributed by atoms with Crippen LogP contribution in [-0.4, -0.2) is 44.6 Å². The van der Waals surface area contributed by atoms with Crippen LogP contribution in [0.15, 0.2) is 40.8 Å². The number of halogens is 1. The molecule has 11 heteroatoms. The van der Waals surface area contributed by atoms with E-state index in [4.69, 9.17) is 28.2 Å². The number of carbonyl (C=O) groups is 2. The summed E-state index contributed by atoms with van der Waals surface area (Å²) >= 11 is 11.1. The largest absolute Gasteiger partial charge is 0.454 e. The lowest BCUT2D eigenvalue weighted by molar-refractivity contribution is -0.122. The second-order valence-corrected chi connectivity index (χ2v) is 7.50. The van der Waals surface area contributed by atoms with Crippen LogP contribution in [0.2, 0.25) is 5.02 Å².